The van der Waals surface area contributed by atoms with Crippen LogP contribution in [0.15, 0.2) is 41.6 Å². The summed E-state index contributed by atoms with van der Waals surface area (Å²) in [5.74, 6) is 0. The van der Waals surface area contributed by atoms with Crippen LogP contribution in [0.25, 0.3) is 6.08 Å². The van der Waals surface area contributed by atoms with Crippen LogP contribution in [0, 0.1) is 0 Å². The Labute approximate surface area is 129 Å². The molecule has 1 aromatic rings. The van der Waals surface area contributed by atoms with Gasteiger partial charge < -0.3 is 9.26 Å². The molecule has 0 unspecified atom stereocenters. The third-order valence-corrected chi connectivity index (χ3v) is 7.85. The van der Waals surface area contributed by atoms with Crippen molar-refractivity contribution in [2.75, 3.05) is 13.2 Å². The summed E-state index contributed by atoms with van der Waals surface area (Å²) in [5, 5.41) is 4.22. The van der Waals surface area contributed by atoms with Crippen LogP contribution in [-0.4, -0.2) is 27.7 Å². The topological polar surface area (TPSA) is 30.8 Å². The quantitative estimate of drug-likeness (QED) is 0.316. The highest BCUT2D eigenvalue weighted by Crippen LogP contribution is 2.36. The van der Waals surface area contributed by atoms with E-state index in [1.54, 1.807) is 6.21 Å². The van der Waals surface area contributed by atoms with Crippen LogP contribution in [0.3, 0.4) is 0 Å². The predicted molar refractivity (Wildman–Crippen MR) is 93.1 cm³/mol. The van der Waals surface area contributed by atoms with E-state index in [2.05, 4.69) is 51.2 Å². The zero-order chi connectivity index (χ0) is 15.8. The zero-order valence-electron chi connectivity index (χ0n) is 13.8. The number of benzene rings is 1. The number of ether oxygens (including phenoxy) is 1. The highest BCUT2D eigenvalue weighted by Gasteiger charge is 2.39. The van der Waals surface area contributed by atoms with Crippen molar-refractivity contribution in [3.8, 4) is 0 Å². The number of oxime groups is 1. The van der Waals surface area contributed by atoms with Gasteiger partial charge in [-0.05, 0) is 23.7 Å². The molecule has 0 saturated carbocycles. The van der Waals surface area contributed by atoms with Crippen molar-refractivity contribution in [2.45, 2.75) is 38.9 Å². The van der Waals surface area contributed by atoms with E-state index in [0.717, 1.165) is 0 Å². The monoisotopic (exact) mass is 305 g/mol. The molecule has 0 bridgehead atoms. The van der Waals surface area contributed by atoms with Crippen molar-refractivity contribution in [1.29, 1.82) is 0 Å². The van der Waals surface area contributed by atoms with Gasteiger partial charge in [-0.15, -0.1) is 5.16 Å². The van der Waals surface area contributed by atoms with Gasteiger partial charge in [0.05, 0.1) is 19.4 Å². The van der Waals surface area contributed by atoms with Crippen molar-refractivity contribution in [1.82, 2.24) is 0 Å². The van der Waals surface area contributed by atoms with Crippen LogP contribution in [0.2, 0.25) is 18.1 Å². The number of nitrogens with zero attached hydrogens (tertiary/aromatic N) is 1. The van der Waals surface area contributed by atoms with E-state index in [4.69, 9.17) is 9.26 Å². The molecule has 3 nitrogen and oxygen atoms in total. The van der Waals surface area contributed by atoms with Gasteiger partial charge in [0, 0.05) is 0 Å². The lowest BCUT2D eigenvalue weighted by Gasteiger charge is -2.33. The van der Waals surface area contributed by atoms with Crippen LogP contribution in [0.4, 0.5) is 0 Å². The zero-order valence-corrected chi connectivity index (χ0v) is 14.8. The second kappa shape index (κ2) is 8.15. The average molecular weight is 305 g/mol. The average Bonchev–Trinajstić information content (AvgIpc) is 2.41. The predicted octanol–water partition coefficient (Wildman–Crippen LogP) is 4.72. The van der Waals surface area contributed by atoms with Crippen LogP contribution in [0.1, 0.15) is 26.3 Å². The molecule has 0 fully saturated rings. The summed E-state index contributed by atoms with van der Waals surface area (Å²) < 4.78 is 11.1. The highest BCUT2D eigenvalue weighted by atomic mass is 28.4. The summed E-state index contributed by atoms with van der Waals surface area (Å²) in [6, 6.07) is 10.2. The van der Waals surface area contributed by atoms with E-state index in [1.165, 1.54) is 5.56 Å². The molecule has 1 rings (SSSR count). The Morgan fingerprint density at radius 1 is 1.10 bits per heavy atom. The molecule has 0 aromatic heterocycles. The SMILES string of the molecule is CC(C)(C)[Si](C)(C)O/N=C/COC/C=C/c1ccccc1. The lowest BCUT2D eigenvalue weighted by molar-refractivity contribution is 0.203. The molecular weight excluding hydrogens is 278 g/mol. The maximum Gasteiger partial charge on any atom is 0.286 e. The second-order valence-electron chi connectivity index (χ2n) is 6.49. The molecule has 1 aromatic carbocycles. The normalized spacial score (nSPS) is 13.2. The molecule has 0 N–H and O–H groups in total. The van der Waals surface area contributed by atoms with Gasteiger partial charge >= 0.3 is 0 Å². The molecule has 0 spiro atoms. The summed E-state index contributed by atoms with van der Waals surface area (Å²) in [4.78, 5) is 0. The Balaban J connectivity index is 2.20. The van der Waals surface area contributed by atoms with E-state index >= 15 is 0 Å². The molecule has 21 heavy (non-hydrogen) atoms. The van der Waals surface area contributed by atoms with E-state index in [-0.39, 0.29) is 5.04 Å². The maximum absolute atomic E-state index is 5.68. The Bertz CT molecular complexity index is 461. The molecule has 0 aliphatic rings. The Morgan fingerprint density at radius 2 is 1.76 bits per heavy atom. The van der Waals surface area contributed by atoms with Crippen LogP contribution in [0.5, 0.6) is 0 Å². The second-order valence-corrected chi connectivity index (χ2v) is 11.2. The van der Waals surface area contributed by atoms with Gasteiger partial charge in [0.2, 0.25) is 0 Å². The van der Waals surface area contributed by atoms with Crippen LogP contribution < -0.4 is 0 Å². The minimum absolute atomic E-state index is 0.170. The molecule has 0 heterocycles. The van der Waals surface area contributed by atoms with Crippen molar-refractivity contribution in [3.05, 3.63) is 42.0 Å². The Kier molecular flexibility index (Phi) is 6.85. The molecular formula is C17H27NO2Si. The molecule has 0 atom stereocenters. The van der Waals surface area contributed by atoms with Crippen LogP contribution >= 0.6 is 0 Å². The highest BCUT2D eigenvalue weighted by molar-refractivity contribution is 6.74. The summed E-state index contributed by atoms with van der Waals surface area (Å²) >= 11 is 0. The van der Waals surface area contributed by atoms with Gasteiger partial charge in [-0.3, -0.25) is 0 Å². The third kappa shape index (κ3) is 6.73. The molecule has 116 valence electrons. The Hall–Kier alpha value is -1.39. The smallest absolute Gasteiger partial charge is 0.286 e. The number of rotatable bonds is 7. The molecule has 0 saturated heterocycles. The fourth-order valence-corrected chi connectivity index (χ4v) is 1.89. The summed E-state index contributed by atoms with van der Waals surface area (Å²) in [6.45, 7) is 12.0. The number of hydrogen-bond acceptors (Lipinski definition) is 3. The minimum Gasteiger partial charge on any atom is -0.455 e. The minimum atomic E-state index is -1.79. The molecule has 4 heteroatoms. The van der Waals surface area contributed by atoms with Crippen molar-refractivity contribution in [2.24, 2.45) is 5.16 Å². The van der Waals surface area contributed by atoms with Crippen molar-refractivity contribution in [3.63, 3.8) is 0 Å². The Morgan fingerprint density at radius 3 is 2.38 bits per heavy atom. The van der Waals surface area contributed by atoms with E-state index in [9.17, 15) is 0 Å². The van der Waals surface area contributed by atoms with Gasteiger partial charge in [-0.25, -0.2) is 0 Å². The fraction of sp³-hybridized carbons (Fsp3) is 0.471. The first-order chi connectivity index (χ1) is 9.83. The first-order valence-electron chi connectivity index (χ1n) is 7.32. The lowest BCUT2D eigenvalue weighted by atomic mass is 10.2. The summed E-state index contributed by atoms with van der Waals surface area (Å²) in [6.07, 6.45) is 5.73. The summed E-state index contributed by atoms with van der Waals surface area (Å²) in [7, 11) is -1.79. The maximum atomic E-state index is 5.68. The van der Waals surface area contributed by atoms with E-state index in [0.29, 0.717) is 13.2 Å². The third-order valence-electron chi connectivity index (χ3n) is 3.68. The van der Waals surface area contributed by atoms with Crippen molar-refractivity contribution < 1.29 is 9.26 Å². The van der Waals surface area contributed by atoms with Gasteiger partial charge in [-0.1, -0.05) is 63.3 Å². The number of hydrogen-bond donors (Lipinski definition) is 0. The fourth-order valence-electron chi connectivity index (χ4n) is 1.27. The standard InChI is InChI=1S/C17H27NO2Si/c1-17(2,3)21(4,5)20-18-13-15-19-14-9-12-16-10-7-6-8-11-16/h6-13H,14-15H2,1-5H3/b12-9+,18-13+. The van der Waals surface area contributed by atoms with E-state index in [1.807, 2.05) is 30.4 Å². The molecule has 0 aliphatic carbocycles. The first kappa shape index (κ1) is 17.7. The lowest BCUT2D eigenvalue weighted by Crippen LogP contribution is -2.39. The first-order valence-corrected chi connectivity index (χ1v) is 10.2. The molecule has 0 radical (unpaired) electrons. The van der Waals surface area contributed by atoms with Gasteiger partial charge in [0.1, 0.15) is 0 Å². The van der Waals surface area contributed by atoms with E-state index < -0.39 is 8.32 Å². The van der Waals surface area contributed by atoms with Gasteiger partial charge in [-0.2, -0.15) is 0 Å². The largest absolute Gasteiger partial charge is 0.455 e. The molecule has 0 aliphatic heterocycles. The molecule has 0 amide bonds. The van der Waals surface area contributed by atoms with Crippen LogP contribution in [-0.2, 0) is 9.26 Å². The van der Waals surface area contributed by atoms with Gasteiger partial charge in [0.25, 0.3) is 8.32 Å². The van der Waals surface area contributed by atoms with Crippen molar-refractivity contribution >= 4 is 20.6 Å². The van der Waals surface area contributed by atoms with Gasteiger partial charge in [0.15, 0.2) is 0 Å². The summed E-state index contributed by atoms with van der Waals surface area (Å²) in [5.41, 5.74) is 1.18.